The Bertz CT molecular complexity index is 451. The highest BCUT2D eigenvalue weighted by atomic mass is 16.5. The molecular formula is C15H21NO4. The molecule has 0 aliphatic heterocycles. The number of aliphatic carboxylic acids is 1. The van der Waals surface area contributed by atoms with Crippen molar-refractivity contribution in [3.8, 4) is 5.75 Å². The molecule has 0 aliphatic rings. The highest BCUT2D eigenvalue weighted by Crippen LogP contribution is 2.19. The van der Waals surface area contributed by atoms with Crippen molar-refractivity contribution in [3.63, 3.8) is 0 Å². The fourth-order valence-electron chi connectivity index (χ4n) is 1.66. The van der Waals surface area contributed by atoms with E-state index in [4.69, 9.17) is 9.84 Å². The normalized spacial score (nSPS) is 12.6. The Morgan fingerprint density at radius 1 is 1.25 bits per heavy atom. The number of para-hydroxylation sites is 1. The molecule has 0 aliphatic carbocycles. The summed E-state index contributed by atoms with van der Waals surface area (Å²) in [4.78, 5) is 22.9. The van der Waals surface area contributed by atoms with Crippen molar-refractivity contribution < 1.29 is 19.4 Å². The quantitative estimate of drug-likeness (QED) is 0.836. The zero-order valence-electron chi connectivity index (χ0n) is 12.1. The fraction of sp³-hybridized carbons (Fsp3) is 0.467. The Morgan fingerprint density at radius 3 is 2.35 bits per heavy atom. The highest BCUT2D eigenvalue weighted by molar-refractivity contribution is 5.84. The number of rotatable bonds is 6. The van der Waals surface area contributed by atoms with E-state index in [0.717, 1.165) is 0 Å². The van der Waals surface area contributed by atoms with E-state index in [1.165, 1.54) is 0 Å². The van der Waals surface area contributed by atoms with Gasteiger partial charge in [-0.15, -0.1) is 0 Å². The second-order valence-electron chi connectivity index (χ2n) is 5.62. The maximum absolute atomic E-state index is 11.7. The molecule has 1 atom stereocenters. The van der Waals surface area contributed by atoms with Gasteiger partial charge in [-0.25, -0.2) is 4.79 Å². The van der Waals surface area contributed by atoms with Crippen molar-refractivity contribution in [2.45, 2.75) is 33.2 Å². The van der Waals surface area contributed by atoms with E-state index in [1.807, 2.05) is 18.2 Å². The molecule has 0 saturated carbocycles. The number of nitrogens with one attached hydrogen (secondary N) is 1. The first-order valence-corrected chi connectivity index (χ1v) is 6.50. The average molecular weight is 279 g/mol. The van der Waals surface area contributed by atoms with Gasteiger partial charge in [-0.1, -0.05) is 39.0 Å². The minimum absolute atomic E-state index is 0.120. The van der Waals surface area contributed by atoms with Crippen LogP contribution in [0, 0.1) is 5.41 Å². The molecule has 5 nitrogen and oxygen atoms in total. The number of amides is 1. The average Bonchev–Trinajstić information content (AvgIpc) is 2.35. The number of carbonyl (C=O) groups excluding carboxylic acids is 1. The van der Waals surface area contributed by atoms with Gasteiger partial charge in [0.1, 0.15) is 11.8 Å². The van der Waals surface area contributed by atoms with E-state index >= 15 is 0 Å². The third kappa shape index (κ3) is 5.30. The molecule has 0 heterocycles. The van der Waals surface area contributed by atoms with Crippen molar-refractivity contribution in [1.29, 1.82) is 0 Å². The number of carboxylic acid groups (broad SMARTS) is 1. The Kier molecular flexibility index (Phi) is 5.55. The van der Waals surface area contributed by atoms with E-state index in [1.54, 1.807) is 32.9 Å². The van der Waals surface area contributed by atoms with Crippen LogP contribution < -0.4 is 10.1 Å². The molecule has 0 spiro atoms. The summed E-state index contributed by atoms with van der Waals surface area (Å²) in [7, 11) is 0. The van der Waals surface area contributed by atoms with Gasteiger partial charge in [0.05, 0.1) is 13.0 Å². The fourth-order valence-corrected chi connectivity index (χ4v) is 1.66. The molecule has 0 bridgehead atoms. The van der Waals surface area contributed by atoms with Gasteiger partial charge in [0.15, 0.2) is 0 Å². The molecule has 5 heteroatoms. The van der Waals surface area contributed by atoms with Gasteiger partial charge in [0.2, 0.25) is 5.91 Å². The van der Waals surface area contributed by atoms with Crippen LogP contribution in [0.15, 0.2) is 30.3 Å². The van der Waals surface area contributed by atoms with Crippen molar-refractivity contribution in [1.82, 2.24) is 5.32 Å². The zero-order valence-corrected chi connectivity index (χ0v) is 12.1. The van der Waals surface area contributed by atoms with Gasteiger partial charge in [-0.2, -0.15) is 0 Å². The molecule has 0 radical (unpaired) electrons. The van der Waals surface area contributed by atoms with E-state index in [2.05, 4.69) is 5.32 Å². The predicted molar refractivity (Wildman–Crippen MR) is 75.6 cm³/mol. The molecule has 110 valence electrons. The first-order chi connectivity index (χ1) is 9.30. The summed E-state index contributed by atoms with van der Waals surface area (Å²) in [5.41, 5.74) is -0.540. The van der Waals surface area contributed by atoms with Crippen LogP contribution in [0.1, 0.15) is 27.2 Å². The molecule has 20 heavy (non-hydrogen) atoms. The summed E-state index contributed by atoms with van der Waals surface area (Å²) in [6.45, 7) is 5.53. The highest BCUT2D eigenvalue weighted by Gasteiger charge is 2.32. The van der Waals surface area contributed by atoms with Crippen LogP contribution in [0.3, 0.4) is 0 Å². The van der Waals surface area contributed by atoms with Crippen LogP contribution in [-0.2, 0) is 9.59 Å². The number of hydrogen-bond acceptors (Lipinski definition) is 3. The molecule has 1 aromatic carbocycles. The third-order valence-electron chi connectivity index (χ3n) is 2.76. The zero-order chi connectivity index (χ0) is 15.2. The first kappa shape index (κ1) is 16.0. The Morgan fingerprint density at radius 2 is 1.85 bits per heavy atom. The summed E-state index contributed by atoms with van der Waals surface area (Å²) < 4.78 is 5.40. The van der Waals surface area contributed by atoms with Crippen LogP contribution in [0.2, 0.25) is 0 Å². The Labute approximate surface area is 118 Å². The SMILES string of the molecule is CC(C)(C)[C@H](NC(=O)CCOc1ccccc1)C(=O)O. The van der Waals surface area contributed by atoms with Gasteiger partial charge >= 0.3 is 5.97 Å². The van der Waals surface area contributed by atoms with Gasteiger partial charge in [0.25, 0.3) is 0 Å². The smallest absolute Gasteiger partial charge is 0.326 e. The van der Waals surface area contributed by atoms with Crippen LogP contribution in [0.4, 0.5) is 0 Å². The minimum atomic E-state index is -1.03. The number of benzene rings is 1. The van der Waals surface area contributed by atoms with Crippen LogP contribution in [0.5, 0.6) is 5.75 Å². The standard InChI is InChI=1S/C15H21NO4/c1-15(2,3)13(14(18)19)16-12(17)9-10-20-11-7-5-4-6-8-11/h4-8,13H,9-10H2,1-3H3,(H,16,17)(H,18,19)/t13-/m1/s1. The number of carbonyl (C=O) groups is 2. The Hall–Kier alpha value is -2.04. The summed E-state index contributed by atoms with van der Waals surface area (Å²) in [6.07, 6.45) is 0.120. The molecule has 0 aromatic heterocycles. The lowest BCUT2D eigenvalue weighted by Gasteiger charge is -2.27. The van der Waals surface area contributed by atoms with Crippen molar-refractivity contribution in [2.24, 2.45) is 5.41 Å². The monoisotopic (exact) mass is 279 g/mol. The van der Waals surface area contributed by atoms with Crippen molar-refractivity contribution in [2.75, 3.05) is 6.61 Å². The van der Waals surface area contributed by atoms with Gasteiger partial charge in [0, 0.05) is 0 Å². The lowest BCUT2D eigenvalue weighted by atomic mass is 9.86. The molecular weight excluding hydrogens is 258 g/mol. The predicted octanol–water partition coefficient (Wildman–Crippen LogP) is 2.07. The number of hydrogen-bond donors (Lipinski definition) is 2. The summed E-state index contributed by atoms with van der Waals surface area (Å²) >= 11 is 0. The molecule has 1 rings (SSSR count). The van der Waals surface area contributed by atoms with Gasteiger partial charge < -0.3 is 15.2 Å². The second kappa shape index (κ2) is 6.93. The lowest BCUT2D eigenvalue weighted by molar-refractivity contribution is -0.145. The topological polar surface area (TPSA) is 75.6 Å². The van der Waals surface area contributed by atoms with Crippen LogP contribution in [0.25, 0.3) is 0 Å². The van der Waals surface area contributed by atoms with Gasteiger partial charge in [-0.3, -0.25) is 4.79 Å². The molecule has 0 unspecified atom stereocenters. The Balaban J connectivity index is 2.41. The number of carboxylic acids is 1. The van der Waals surface area contributed by atoms with Gasteiger partial charge in [-0.05, 0) is 17.5 Å². The van der Waals surface area contributed by atoms with E-state index in [9.17, 15) is 9.59 Å². The first-order valence-electron chi connectivity index (χ1n) is 6.50. The van der Waals surface area contributed by atoms with E-state index in [-0.39, 0.29) is 18.9 Å². The van der Waals surface area contributed by atoms with Crippen LogP contribution >= 0.6 is 0 Å². The van der Waals surface area contributed by atoms with Crippen LogP contribution in [-0.4, -0.2) is 29.6 Å². The maximum Gasteiger partial charge on any atom is 0.326 e. The minimum Gasteiger partial charge on any atom is -0.493 e. The molecule has 0 fully saturated rings. The molecule has 1 amide bonds. The largest absolute Gasteiger partial charge is 0.493 e. The molecule has 2 N–H and O–H groups in total. The van der Waals surface area contributed by atoms with Crippen molar-refractivity contribution >= 4 is 11.9 Å². The summed E-state index contributed by atoms with van der Waals surface area (Å²) in [6, 6.07) is 8.25. The lowest BCUT2D eigenvalue weighted by Crippen LogP contribution is -2.49. The number of ether oxygens (including phenoxy) is 1. The molecule has 0 saturated heterocycles. The van der Waals surface area contributed by atoms with E-state index < -0.39 is 17.4 Å². The van der Waals surface area contributed by atoms with Crippen molar-refractivity contribution in [3.05, 3.63) is 30.3 Å². The maximum atomic E-state index is 11.7. The molecule has 1 aromatic rings. The summed E-state index contributed by atoms with van der Waals surface area (Å²) in [5.74, 6) is -0.677. The second-order valence-corrected chi connectivity index (χ2v) is 5.62. The third-order valence-corrected chi connectivity index (χ3v) is 2.76. The van der Waals surface area contributed by atoms with E-state index in [0.29, 0.717) is 5.75 Å². The summed E-state index contributed by atoms with van der Waals surface area (Å²) in [5, 5.41) is 11.6.